The van der Waals surface area contributed by atoms with E-state index in [1.807, 2.05) is 48.5 Å². The maximum Gasteiger partial charge on any atom is 0.276 e. The Bertz CT molecular complexity index is 803. The number of nitrogens with zero attached hydrogens (tertiary/aromatic N) is 2. The van der Waals surface area contributed by atoms with Crippen LogP contribution in [0, 0.1) is 0 Å². The summed E-state index contributed by atoms with van der Waals surface area (Å²) < 4.78 is 21.6. The van der Waals surface area contributed by atoms with Crippen molar-refractivity contribution in [1.29, 1.82) is 0 Å². The van der Waals surface area contributed by atoms with E-state index in [1.54, 1.807) is 14.2 Å². The van der Waals surface area contributed by atoms with Gasteiger partial charge in [0.1, 0.15) is 17.2 Å². The smallest absolute Gasteiger partial charge is 0.276 e. The van der Waals surface area contributed by atoms with E-state index in [2.05, 4.69) is 10.2 Å². The molecule has 0 fully saturated rings. The Kier molecular flexibility index (Phi) is 6.38. The molecule has 26 heavy (non-hydrogen) atoms. The molecule has 0 atom stereocenters. The molecule has 0 radical (unpaired) electrons. The van der Waals surface area contributed by atoms with E-state index in [-0.39, 0.29) is 0 Å². The summed E-state index contributed by atoms with van der Waals surface area (Å²) in [7, 11) is 3.29. The molecule has 136 valence electrons. The van der Waals surface area contributed by atoms with Gasteiger partial charge >= 0.3 is 0 Å². The quantitative estimate of drug-likeness (QED) is 0.417. The lowest BCUT2D eigenvalue weighted by Gasteiger charge is -2.05. The molecule has 0 aliphatic rings. The average Bonchev–Trinajstić information content (AvgIpc) is 3.13. The van der Waals surface area contributed by atoms with Crippen LogP contribution in [0.4, 0.5) is 0 Å². The molecular formula is C19H20N2O4S. The molecule has 6 nitrogen and oxygen atoms in total. The molecule has 1 aromatic heterocycles. The lowest BCUT2D eigenvalue weighted by Crippen LogP contribution is -1.99. The fourth-order valence-corrected chi connectivity index (χ4v) is 2.84. The van der Waals surface area contributed by atoms with Gasteiger partial charge in [-0.15, -0.1) is 10.2 Å². The summed E-state index contributed by atoms with van der Waals surface area (Å²) in [5.74, 6) is 3.75. The monoisotopic (exact) mass is 372 g/mol. The van der Waals surface area contributed by atoms with E-state index in [1.165, 1.54) is 11.8 Å². The van der Waals surface area contributed by atoms with Crippen molar-refractivity contribution in [2.75, 3.05) is 26.6 Å². The predicted molar refractivity (Wildman–Crippen MR) is 99.3 cm³/mol. The summed E-state index contributed by atoms with van der Waals surface area (Å²) in [6.45, 7) is 0.549. The highest BCUT2D eigenvalue weighted by Gasteiger charge is 2.08. The minimum Gasteiger partial charge on any atom is -0.497 e. The zero-order chi connectivity index (χ0) is 18.2. The molecule has 0 saturated heterocycles. The van der Waals surface area contributed by atoms with Gasteiger partial charge in [0.05, 0.1) is 27.2 Å². The Morgan fingerprint density at radius 3 is 2.12 bits per heavy atom. The van der Waals surface area contributed by atoms with Gasteiger partial charge in [0.2, 0.25) is 5.89 Å². The first-order valence-electron chi connectivity index (χ1n) is 8.12. The Hall–Kier alpha value is -2.67. The summed E-state index contributed by atoms with van der Waals surface area (Å²) >= 11 is 1.47. The Morgan fingerprint density at radius 1 is 0.846 bits per heavy atom. The lowest BCUT2D eigenvalue weighted by atomic mass is 10.1. The summed E-state index contributed by atoms with van der Waals surface area (Å²) in [5, 5.41) is 8.70. The van der Waals surface area contributed by atoms with Crippen molar-refractivity contribution in [1.82, 2.24) is 10.2 Å². The van der Waals surface area contributed by atoms with Gasteiger partial charge in [-0.2, -0.15) is 0 Å². The number of methoxy groups -OCH3 is 2. The van der Waals surface area contributed by atoms with Gasteiger partial charge in [-0.25, -0.2) is 0 Å². The molecule has 0 unspecified atom stereocenters. The van der Waals surface area contributed by atoms with E-state index >= 15 is 0 Å². The van der Waals surface area contributed by atoms with Crippen LogP contribution >= 0.6 is 11.8 Å². The van der Waals surface area contributed by atoms with Crippen molar-refractivity contribution >= 4 is 11.8 Å². The van der Waals surface area contributed by atoms with E-state index in [0.29, 0.717) is 24.1 Å². The SMILES string of the molecule is COc1ccc(Cc2nnc(SCCOc3ccc(OC)cc3)o2)cc1. The first kappa shape index (κ1) is 18.1. The van der Waals surface area contributed by atoms with Gasteiger partial charge in [0.15, 0.2) is 0 Å². The van der Waals surface area contributed by atoms with Crippen molar-refractivity contribution in [2.24, 2.45) is 0 Å². The Labute approximate surface area is 156 Å². The molecule has 7 heteroatoms. The number of hydrogen-bond donors (Lipinski definition) is 0. The second-order valence-corrected chi connectivity index (χ2v) is 6.41. The number of thioether (sulfide) groups is 1. The van der Waals surface area contributed by atoms with Crippen LogP contribution in [0.5, 0.6) is 17.2 Å². The van der Waals surface area contributed by atoms with Gasteiger partial charge in [0, 0.05) is 5.75 Å². The standard InChI is InChI=1S/C19H20N2O4S/c1-22-15-5-3-14(4-6-15)13-18-20-21-19(25-18)26-12-11-24-17-9-7-16(23-2)8-10-17/h3-10H,11-13H2,1-2H3. The highest BCUT2D eigenvalue weighted by Crippen LogP contribution is 2.20. The van der Waals surface area contributed by atoms with Crippen molar-refractivity contribution in [3.63, 3.8) is 0 Å². The zero-order valence-corrected chi connectivity index (χ0v) is 15.5. The zero-order valence-electron chi connectivity index (χ0n) is 14.7. The molecule has 3 aromatic rings. The van der Waals surface area contributed by atoms with E-state index in [0.717, 1.165) is 28.6 Å². The number of benzene rings is 2. The Balaban J connectivity index is 1.42. The predicted octanol–water partition coefficient (Wildman–Crippen LogP) is 3.85. The van der Waals surface area contributed by atoms with Crippen molar-refractivity contribution in [3.05, 3.63) is 60.0 Å². The summed E-state index contributed by atoms with van der Waals surface area (Å²) in [6, 6.07) is 15.3. The third kappa shape index (κ3) is 5.16. The second-order valence-electron chi connectivity index (χ2n) is 5.36. The Morgan fingerprint density at radius 2 is 1.46 bits per heavy atom. The normalized spacial score (nSPS) is 10.5. The molecule has 0 aliphatic carbocycles. The van der Waals surface area contributed by atoms with Crippen molar-refractivity contribution in [3.8, 4) is 17.2 Å². The molecule has 0 spiro atoms. The molecule has 0 aliphatic heterocycles. The van der Waals surface area contributed by atoms with E-state index in [9.17, 15) is 0 Å². The van der Waals surface area contributed by atoms with Gasteiger partial charge in [-0.05, 0) is 42.0 Å². The van der Waals surface area contributed by atoms with Crippen LogP contribution in [0.2, 0.25) is 0 Å². The van der Waals surface area contributed by atoms with Crippen LogP contribution in [0.3, 0.4) is 0 Å². The number of rotatable bonds is 9. The fraction of sp³-hybridized carbons (Fsp3) is 0.263. The molecule has 1 heterocycles. The molecule has 0 saturated carbocycles. The topological polar surface area (TPSA) is 66.6 Å². The highest BCUT2D eigenvalue weighted by molar-refractivity contribution is 7.99. The molecule has 0 bridgehead atoms. The third-order valence-electron chi connectivity index (χ3n) is 3.60. The highest BCUT2D eigenvalue weighted by atomic mass is 32.2. The van der Waals surface area contributed by atoms with Crippen LogP contribution in [0.1, 0.15) is 11.5 Å². The minimum atomic E-state index is 0.548. The van der Waals surface area contributed by atoms with Crippen molar-refractivity contribution in [2.45, 2.75) is 11.6 Å². The fourth-order valence-electron chi connectivity index (χ4n) is 2.25. The summed E-state index contributed by atoms with van der Waals surface area (Å²) in [5.41, 5.74) is 1.09. The summed E-state index contributed by atoms with van der Waals surface area (Å²) in [4.78, 5) is 0. The average molecular weight is 372 g/mol. The van der Waals surface area contributed by atoms with Gasteiger partial charge < -0.3 is 18.6 Å². The van der Waals surface area contributed by atoms with Crippen molar-refractivity contribution < 1.29 is 18.6 Å². The molecule has 3 rings (SSSR count). The third-order valence-corrected chi connectivity index (χ3v) is 4.38. The van der Waals surface area contributed by atoms with Crippen LogP contribution in [-0.2, 0) is 6.42 Å². The number of ether oxygens (including phenoxy) is 3. The van der Waals surface area contributed by atoms with Crippen LogP contribution in [0.15, 0.2) is 58.2 Å². The second kappa shape index (κ2) is 9.15. The lowest BCUT2D eigenvalue weighted by molar-refractivity contribution is 0.341. The first-order chi connectivity index (χ1) is 12.8. The van der Waals surface area contributed by atoms with E-state index in [4.69, 9.17) is 18.6 Å². The van der Waals surface area contributed by atoms with Gasteiger partial charge in [-0.1, -0.05) is 23.9 Å². The molecular weight excluding hydrogens is 352 g/mol. The first-order valence-corrected chi connectivity index (χ1v) is 9.10. The largest absolute Gasteiger partial charge is 0.497 e. The minimum absolute atomic E-state index is 0.548. The van der Waals surface area contributed by atoms with Crippen LogP contribution < -0.4 is 14.2 Å². The van der Waals surface area contributed by atoms with Gasteiger partial charge in [-0.3, -0.25) is 0 Å². The van der Waals surface area contributed by atoms with Gasteiger partial charge in [0.25, 0.3) is 5.22 Å². The van der Waals surface area contributed by atoms with E-state index < -0.39 is 0 Å². The van der Waals surface area contributed by atoms with Crippen LogP contribution in [0.25, 0.3) is 0 Å². The number of aromatic nitrogens is 2. The molecule has 0 N–H and O–H groups in total. The number of hydrogen-bond acceptors (Lipinski definition) is 7. The molecule has 0 amide bonds. The maximum atomic E-state index is 5.67. The summed E-state index contributed by atoms with van der Waals surface area (Å²) in [6.07, 6.45) is 0.597. The van der Waals surface area contributed by atoms with Crippen LogP contribution in [-0.4, -0.2) is 36.8 Å². The molecule has 2 aromatic carbocycles. The maximum absolute atomic E-state index is 5.67.